The lowest BCUT2D eigenvalue weighted by Gasteiger charge is -2.40. The molecule has 0 N–H and O–H groups in total. The summed E-state index contributed by atoms with van der Waals surface area (Å²) in [6.45, 7) is 0. The van der Waals surface area contributed by atoms with Gasteiger partial charge in [0.05, 0.1) is 0 Å². The minimum Gasteiger partial charge on any atom is -0.457 e. The van der Waals surface area contributed by atoms with E-state index in [2.05, 4.69) is 143 Å². The molecular formula is C36H23BrO2Si. The van der Waals surface area contributed by atoms with Crippen LogP contribution in [0, 0.1) is 0 Å². The standard InChI is InChI=1S/C36H23BrO2Si/c37-29-19-11-21-31-34(29)28-18-9-16-26(35(28)39-31)27-17-10-23-33-36(27)38-30-20-7-8-22-32(30)40(33,24-12-3-1-4-13-24)25-14-5-2-6-15-25/h1-23H. The molecule has 1 aliphatic heterocycles. The molecule has 1 aliphatic rings. The van der Waals surface area contributed by atoms with Gasteiger partial charge in [-0.2, -0.15) is 0 Å². The largest absolute Gasteiger partial charge is 0.457 e. The number of furan rings is 1. The molecule has 0 fully saturated rings. The van der Waals surface area contributed by atoms with E-state index in [1.165, 1.54) is 20.7 Å². The van der Waals surface area contributed by atoms with Gasteiger partial charge in [0.2, 0.25) is 0 Å². The molecule has 0 saturated carbocycles. The van der Waals surface area contributed by atoms with Gasteiger partial charge in [-0.1, -0.05) is 137 Å². The number of halogens is 1. The fourth-order valence-electron chi connectivity index (χ4n) is 6.46. The fourth-order valence-corrected chi connectivity index (χ4v) is 12.0. The summed E-state index contributed by atoms with van der Waals surface area (Å²) >= 11 is 3.74. The summed E-state index contributed by atoms with van der Waals surface area (Å²) in [4.78, 5) is 0. The predicted octanol–water partition coefficient (Wildman–Crippen LogP) is 7.50. The van der Waals surface area contributed by atoms with Crippen molar-refractivity contribution in [2.24, 2.45) is 0 Å². The summed E-state index contributed by atoms with van der Waals surface area (Å²) in [6, 6.07) is 49.6. The quantitative estimate of drug-likeness (QED) is 0.198. The highest BCUT2D eigenvalue weighted by Crippen LogP contribution is 2.43. The summed E-state index contributed by atoms with van der Waals surface area (Å²) < 4.78 is 14.4. The molecule has 190 valence electrons. The van der Waals surface area contributed by atoms with Crippen molar-refractivity contribution in [1.82, 2.24) is 0 Å². The van der Waals surface area contributed by atoms with Gasteiger partial charge in [-0.05, 0) is 38.9 Å². The third-order valence-electron chi connectivity index (χ3n) is 8.10. The molecule has 0 aliphatic carbocycles. The predicted molar refractivity (Wildman–Crippen MR) is 171 cm³/mol. The highest BCUT2D eigenvalue weighted by Gasteiger charge is 2.48. The number of benzene rings is 6. The van der Waals surface area contributed by atoms with Gasteiger partial charge in [0.1, 0.15) is 22.7 Å². The Morgan fingerprint density at radius 3 is 1.93 bits per heavy atom. The van der Waals surface area contributed by atoms with Crippen molar-refractivity contribution >= 4 is 66.7 Å². The molecule has 0 bridgehead atoms. The molecule has 0 saturated heterocycles. The Labute approximate surface area is 241 Å². The van der Waals surface area contributed by atoms with Crippen molar-refractivity contribution in [3.05, 3.63) is 144 Å². The third kappa shape index (κ3) is 3.27. The Hall–Kier alpha value is -4.38. The van der Waals surface area contributed by atoms with Gasteiger partial charge >= 0.3 is 0 Å². The Morgan fingerprint density at radius 1 is 0.525 bits per heavy atom. The summed E-state index contributed by atoms with van der Waals surface area (Å²) in [5.74, 6) is 1.83. The summed E-state index contributed by atoms with van der Waals surface area (Å²) in [5, 5.41) is 7.36. The van der Waals surface area contributed by atoms with E-state index in [4.69, 9.17) is 9.15 Å². The van der Waals surface area contributed by atoms with Crippen molar-refractivity contribution in [1.29, 1.82) is 0 Å². The normalized spacial score (nSPS) is 13.5. The zero-order valence-corrected chi connectivity index (χ0v) is 24.1. The number of para-hydroxylation sites is 3. The third-order valence-corrected chi connectivity index (χ3v) is 13.6. The molecule has 40 heavy (non-hydrogen) atoms. The Kier molecular flexibility index (Phi) is 5.34. The van der Waals surface area contributed by atoms with E-state index >= 15 is 0 Å². The van der Waals surface area contributed by atoms with Gasteiger partial charge in [-0.15, -0.1) is 0 Å². The van der Waals surface area contributed by atoms with Crippen LogP contribution in [0.1, 0.15) is 0 Å². The van der Waals surface area contributed by atoms with Crippen LogP contribution in [0.25, 0.3) is 33.1 Å². The first kappa shape index (κ1) is 23.5. The van der Waals surface area contributed by atoms with Gasteiger partial charge in [0.25, 0.3) is 0 Å². The van der Waals surface area contributed by atoms with Crippen molar-refractivity contribution in [3.63, 3.8) is 0 Å². The molecule has 1 aromatic heterocycles. The van der Waals surface area contributed by atoms with E-state index in [1.807, 2.05) is 12.1 Å². The summed E-state index contributed by atoms with van der Waals surface area (Å²) in [6.07, 6.45) is 0. The average Bonchev–Trinajstić information content (AvgIpc) is 3.41. The molecule has 0 unspecified atom stereocenters. The smallest absolute Gasteiger partial charge is 0.188 e. The van der Waals surface area contributed by atoms with Crippen molar-refractivity contribution < 1.29 is 9.15 Å². The maximum Gasteiger partial charge on any atom is 0.188 e. The van der Waals surface area contributed by atoms with Crippen LogP contribution in [0.5, 0.6) is 11.5 Å². The second-order valence-corrected chi connectivity index (χ2v) is 14.7. The Morgan fingerprint density at radius 2 is 1.15 bits per heavy atom. The van der Waals surface area contributed by atoms with Gasteiger partial charge < -0.3 is 9.15 Å². The van der Waals surface area contributed by atoms with E-state index in [-0.39, 0.29) is 0 Å². The Bertz CT molecular complexity index is 2010. The molecule has 6 aromatic carbocycles. The molecule has 0 atom stereocenters. The van der Waals surface area contributed by atoms with Crippen molar-refractivity contribution in [3.8, 4) is 22.6 Å². The van der Waals surface area contributed by atoms with Crippen LogP contribution in [0.3, 0.4) is 0 Å². The van der Waals surface area contributed by atoms with Crippen LogP contribution in [-0.2, 0) is 0 Å². The second kappa shape index (κ2) is 9.09. The zero-order valence-electron chi connectivity index (χ0n) is 21.5. The first-order valence-corrected chi connectivity index (χ1v) is 16.2. The van der Waals surface area contributed by atoms with Crippen LogP contribution in [0.4, 0.5) is 0 Å². The Balaban J connectivity index is 1.50. The average molecular weight is 596 g/mol. The van der Waals surface area contributed by atoms with Gasteiger partial charge in [0.15, 0.2) is 8.07 Å². The van der Waals surface area contributed by atoms with Crippen LogP contribution in [-0.4, -0.2) is 8.07 Å². The molecule has 0 radical (unpaired) electrons. The maximum atomic E-state index is 6.89. The summed E-state index contributed by atoms with van der Waals surface area (Å²) in [5.41, 5.74) is 3.80. The van der Waals surface area contributed by atoms with E-state index in [1.54, 1.807) is 0 Å². The van der Waals surface area contributed by atoms with E-state index in [0.29, 0.717) is 0 Å². The van der Waals surface area contributed by atoms with E-state index < -0.39 is 8.07 Å². The monoisotopic (exact) mass is 594 g/mol. The second-order valence-electron chi connectivity index (χ2n) is 10.2. The molecule has 2 heterocycles. The van der Waals surface area contributed by atoms with E-state index in [0.717, 1.165) is 49.0 Å². The number of hydrogen-bond acceptors (Lipinski definition) is 2. The first-order chi connectivity index (χ1) is 19.8. The lowest BCUT2D eigenvalue weighted by molar-refractivity contribution is 0.489. The van der Waals surface area contributed by atoms with Crippen molar-refractivity contribution in [2.75, 3.05) is 0 Å². The van der Waals surface area contributed by atoms with Gasteiger partial charge in [-0.3, -0.25) is 0 Å². The van der Waals surface area contributed by atoms with Gasteiger partial charge in [0, 0.05) is 26.4 Å². The lowest BCUT2D eigenvalue weighted by atomic mass is 10.0. The topological polar surface area (TPSA) is 22.4 Å². The van der Waals surface area contributed by atoms with Crippen LogP contribution < -0.4 is 25.5 Å². The fraction of sp³-hybridized carbons (Fsp3) is 0. The van der Waals surface area contributed by atoms with Gasteiger partial charge in [-0.25, -0.2) is 0 Å². The highest BCUT2D eigenvalue weighted by molar-refractivity contribution is 9.10. The number of hydrogen-bond donors (Lipinski definition) is 0. The zero-order chi connectivity index (χ0) is 26.7. The van der Waals surface area contributed by atoms with Crippen LogP contribution >= 0.6 is 15.9 Å². The number of ether oxygens (including phenoxy) is 1. The molecule has 0 spiro atoms. The highest BCUT2D eigenvalue weighted by atomic mass is 79.9. The molecule has 2 nitrogen and oxygen atoms in total. The molecule has 4 heteroatoms. The molecule has 7 aromatic rings. The minimum atomic E-state index is -2.71. The summed E-state index contributed by atoms with van der Waals surface area (Å²) in [7, 11) is -2.71. The lowest BCUT2D eigenvalue weighted by Crippen LogP contribution is -2.76. The van der Waals surface area contributed by atoms with E-state index in [9.17, 15) is 0 Å². The number of fused-ring (bicyclic) bond motifs is 5. The molecule has 0 amide bonds. The molecule has 8 rings (SSSR count). The maximum absolute atomic E-state index is 6.89. The van der Waals surface area contributed by atoms with Crippen molar-refractivity contribution in [2.45, 2.75) is 0 Å². The van der Waals surface area contributed by atoms with Crippen LogP contribution in [0.2, 0.25) is 0 Å². The first-order valence-electron chi connectivity index (χ1n) is 13.4. The number of rotatable bonds is 3. The molecular weight excluding hydrogens is 572 g/mol. The van der Waals surface area contributed by atoms with Crippen LogP contribution in [0.15, 0.2) is 148 Å². The SMILES string of the molecule is Brc1cccc2oc3c(-c4cccc5c4Oc4ccccc4[Si]5(c4ccccc4)c4ccccc4)cccc3c12. The minimum absolute atomic E-state index is 0.866.